The van der Waals surface area contributed by atoms with E-state index >= 15 is 4.39 Å². The lowest BCUT2D eigenvalue weighted by Crippen LogP contribution is -2.46. The highest BCUT2D eigenvalue weighted by Crippen LogP contribution is 2.44. The number of nitrogens with one attached hydrogen (secondary N) is 1. The Hall–Kier alpha value is -3.66. The highest BCUT2D eigenvalue weighted by Gasteiger charge is 2.39. The van der Waals surface area contributed by atoms with Gasteiger partial charge in [-0.1, -0.05) is 25.1 Å². The lowest BCUT2D eigenvalue weighted by atomic mass is 9.86. The second kappa shape index (κ2) is 13.3. The van der Waals surface area contributed by atoms with Crippen LogP contribution in [0, 0.1) is 18.7 Å². The van der Waals surface area contributed by atoms with Gasteiger partial charge in [0.2, 0.25) is 0 Å². The maximum atomic E-state index is 15.9. The van der Waals surface area contributed by atoms with Crippen LogP contribution in [-0.2, 0) is 16.0 Å². The number of carboxylic acid groups (broad SMARTS) is 1. The molecule has 3 atom stereocenters. The third-order valence-corrected chi connectivity index (χ3v) is 7.94. The number of hydrogen-bond donors (Lipinski definition) is 2. The van der Waals surface area contributed by atoms with Crippen LogP contribution in [0.15, 0.2) is 36.4 Å². The van der Waals surface area contributed by atoms with Gasteiger partial charge in [-0.25, -0.2) is 9.18 Å². The van der Waals surface area contributed by atoms with Crippen molar-refractivity contribution in [3.63, 3.8) is 0 Å². The van der Waals surface area contributed by atoms with Gasteiger partial charge in [0.05, 0.1) is 25.2 Å². The summed E-state index contributed by atoms with van der Waals surface area (Å²) < 4.78 is 40.4. The van der Waals surface area contributed by atoms with Crippen molar-refractivity contribution in [3.05, 3.63) is 64.6 Å². The molecule has 2 aromatic carbocycles. The minimum atomic E-state index is -0.912. The summed E-state index contributed by atoms with van der Waals surface area (Å²) in [7, 11) is 0. The minimum Gasteiger partial charge on any atom is -0.491 e. The lowest BCUT2D eigenvalue weighted by molar-refractivity contribution is -0.142. The number of amides is 1. The van der Waals surface area contributed by atoms with E-state index in [4.69, 9.17) is 9.47 Å². The first-order valence-corrected chi connectivity index (χ1v) is 14.9. The Morgan fingerprint density at radius 1 is 1.19 bits per heavy atom. The number of carbonyl (C=O) groups excluding carboxylic acids is 1. The van der Waals surface area contributed by atoms with Crippen molar-refractivity contribution in [1.29, 1.82) is 0 Å². The van der Waals surface area contributed by atoms with Crippen LogP contribution in [0.2, 0.25) is 0 Å². The molecule has 0 fully saturated rings. The first-order chi connectivity index (χ1) is 20.3. The normalized spacial score (nSPS) is 17.9. The number of carbonyl (C=O) groups is 2. The molecule has 10 heteroatoms. The number of H-pyrrole nitrogens is 1. The molecule has 0 bridgehead atoms. The predicted octanol–water partition coefficient (Wildman–Crippen LogP) is 6.65. The summed E-state index contributed by atoms with van der Waals surface area (Å²) >= 11 is 0. The van der Waals surface area contributed by atoms with E-state index in [1.807, 2.05) is 31.2 Å². The van der Waals surface area contributed by atoms with Crippen molar-refractivity contribution in [3.8, 4) is 5.75 Å². The van der Waals surface area contributed by atoms with Crippen LogP contribution in [0.4, 0.5) is 13.6 Å². The molecule has 1 amide bonds. The summed E-state index contributed by atoms with van der Waals surface area (Å²) in [6.07, 6.45) is 0.320. The van der Waals surface area contributed by atoms with Gasteiger partial charge in [0.25, 0.3) is 0 Å². The number of aromatic amines is 1. The van der Waals surface area contributed by atoms with Gasteiger partial charge in [0.1, 0.15) is 23.8 Å². The molecule has 1 aliphatic heterocycles. The van der Waals surface area contributed by atoms with Gasteiger partial charge in [-0.05, 0) is 76.8 Å². The number of alkyl halides is 1. The number of ether oxygens (including phenoxy) is 2. The maximum Gasteiger partial charge on any atom is 0.410 e. The van der Waals surface area contributed by atoms with E-state index in [2.05, 4.69) is 9.88 Å². The van der Waals surface area contributed by atoms with E-state index in [9.17, 15) is 19.1 Å². The predicted molar refractivity (Wildman–Crippen MR) is 162 cm³/mol. The molecule has 0 saturated heterocycles. The molecule has 0 saturated carbocycles. The average Bonchev–Trinajstić information content (AvgIpc) is 3.30. The van der Waals surface area contributed by atoms with Gasteiger partial charge in [-0.2, -0.15) is 0 Å². The summed E-state index contributed by atoms with van der Waals surface area (Å²) in [6, 6.07) is 10.3. The molecular weight excluding hydrogens is 556 g/mol. The van der Waals surface area contributed by atoms with Crippen molar-refractivity contribution in [2.75, 3.05) is 32.9 Å². The minimum absolute atomic E-state index is 0.0558. The van der Waals surface area contributed by atoms with Crippen LogP contribution in [0.25, 0.3) is 10.9 Å². The van der Waals surface area contributed by atoms with Crippen LogP contribution < -0.4 is 4.74 Å². The number of benzene rings is 2. The number of rotatable bonds is 11. The fraction of sp³-hybridized carbons (Fsp3) is 0.515. The maximum absolute atomic E-state index is 15.9. The zero-order valence-corrected chi connectivity index (χ0v) is 25.9. The van der Waals surface area contributed by atoms with Gasteiger partial charge in [-0.3, -0.25) is 14.1 Å². The van der Waals surface area contributed by atoms with Crippen LogP contribution in [0.3, 0.4) is 0 Å². The number of carboxylic acids is 1. The Labute approximate surface area is 252 Å². The van der Waals surface area contributed by atoms with Crippen LogP contribution in [-0.4, -0.2) is 76.5 Å². The SMILES string of the molecule is Cc1c(OCCN(CCCF)C(=O)OC(C)(C)C)ccc(F)c1[C@@H]1c2[nH]c3ccccc3c2C[C@@H](C)N1C[C@@H](C)C(=O)O. The molecule has 0 spiro atoms. The highest BCUT2D eigenvalue weighted by atomic mass is 19.1. The van der Waals surface area contributed by atoms with Crippen molar-refractivity contribution >= 4 is 23.0 Å². The summed E-state index contributed by atoms with van der Waals surface area (Å²) in [5.41, 5.74) is 3.19. The van der Waals surface area contributed by atoms with Crippen molar-refractivity contribution in [2.45, 2.75) is 72.1 Å². The molecule has 3 aromatic rings. The van der Waals surface area contributed by atoms with Gasteiger partial charge in [0, 0.05) is 41.3 Å². The fourth-order valence-corrected chi connectivity index (χ4v) is 5.80. The molecule has 0 radical (unpaired) electrons. The Balaban J connectivity index is 1.68. The average molecular weight is 600 g/mol. The number of halogens is 2. The Morgan fingerprint density at radius 2 is 1.91 bits per heavy atom. The molecule has 8 nitrogen and oxygen atoms in total. The Morgan fingerprint density at radius 3 is 2.58 bits per heavy atom. The largest absolute Gasteiger partial charge is 0.491 e. The molecule has 234 valence electrons. The van der Waals surface area contributed by atoms with Crippen molar-refractivity contribution in [2.24, 2.45) is 5.92 Å². The molecule has 1 aliphatic rings. The molecule has 1 aromatic heterocycles. The van der Waals surface area contributed by atoms with Crippen LogP contribution >= 0.6 is 0 Å². The molecule has 0 aliphatic carbocycles. The fourth-order valence-electron chi connectivity index (χ4n) is 5.80. The smallest absolute Gasteiger partial charge is 0.410 e. The summed E-state index contributed by atoms with van der Waals surface area (Å²) in [5, 5.41) is 10.8. The topological polar surface area (TPSA) is 95.1 Å². The number of nitrogens with zero attached hydrogens (tertiary/aromatic N) is 2. The first kappa shape index (κ1) is 32.3. The van der Waals surface area contributed by atoms with Gasteiger partial charge < -0.3 is 24.5 Å². The molecular formula is C33H43F2N3O5. The van der Waals surface area contributed by atoms with E-state index in [-0.39, 0.29) is 38.7 Å². The van der Waals surface area contributed by atoms with Crippen LogP contribution in [0.1, 0.15) is 69.5 Å². The van der Waals surface area contributed by atoms with Gasteiger partial charge in [-0.15, -0.1) is 0 Å². The highest BCUT2D eigenvalue weighted by molar-refractivity contribution is 5.85. The molecule has 0 unspecified atom stereocenters. The summed E-state index contributed by atoms with van der Waals surface area (Å²) in [5.74, 6) is -1.54. The lowest BCUT2D eigenvalue weighted by Gasteiger charge is -2.42. The monoisotopic (exact) mass is 599 g/mol. The van der Waals surface area contributed by atoms with Crippen molar-refractivity contribution in [1.82, 2.24) is 14.8 Å². The molecule has 4 rings (SSSR count). The van der Waals surface area contributed by atoms with Gasteiger partial charge in [0.15, 0.2) is 0 Å². The van der Waals surface area contributed by atoms with E-state index in [0.717, 1.165) is 22.2 Å². The van der Waals surface area contributed by atoms with E-state index in [0.29, 0.717) is 23.3 Å². The second-order valence-electron chi connectivity index (χ2n) is 12.4. The molecule has 2 N–H and O–H groups in total. The van der Waals surface area contributed by atoms with E-state index in [1.54, 1.807) is 40.7 Å². The number of para-hydroxylation sites is 1. The van der Waals surface area contributed by atoms with Crippen LogP contribution in [0.5, 0.6) is 5.75 Å². The third-order valence-electron chi connectivity index (χ3n) is 7.94. The number of fused-ring (bicyclic) bond motifs is 3. The second-order valence-corrected chi connectivity index (χ2v) is 12.4. The van der Waals surface area contributed by atoms with Gasteiger partial charge >= 0.3 is 12.1 Å². The van der Waals surface area contributed by atoms with Crippen molar-refractivity contribution < 1.29 is 33.0 Å². The Bertz CT molecular complexity index is 1450. The van der Waals surface area contributed by atoms with E-state index in [1.165, 1.54) is 11.0 Å². The summed E-state index contributed by atoms with van der Waals surface area (Å²) in [6.45, 7) is 10.9. The zero-order chi connectivity index (χ0) is 31.5. The standard InChI is InChI=1S/C33H43F2N3O5/c1-20(31(39)40)19-38-21(2)18-24-23-10-7-8-11-26(23)36-29(24)30(38)28-22(3)27(13-12-25(28)35)42-17-16-37(15-9-14-34)32(41)43-33(4,5)6/h7-8,10-13,20-21,30,36H,9,14-19H2,1-6H3,(H,39,40)/t20-,21-,30-/m1/s1. The Kier molecular flexibility index (Phi) is 10.00. The first-order valence-electron chi connectivity index (χ1n) is 14.9. The quantitative estimate of drug-likeness (QED) is 0.256. The number of aromatic nitrogens is 1. The number of aliphatic carboxylic acids is 1. The van der Waals surface area contributed by atoms with E-state index < -0.39 is 42.1 Å². The summed E-state index contributed by atoms with van der Waals surface area (Å²) in [4.78, 5) is 31.6. The molecule has 2 heterocycles. The zero-order valence-electron chi connectivity index (χ0n) is 25.9. The molecule has 43 heavy (non-hydrogen) atoms. The third kappa shape index (κ3) is 7.29. The number of hydrogen-bond acceptors (Lipinski definition) is 5.